The molecule has 0 saturated carbocycles. The number of rotatable bonds is 7. The molecule has 1 unspecified atom stereocenters. The summed E-state index contributed by atoms with van der Waals surface area (Å²) in [7, 11) is 0. The lowest BCUT2D eigenvalue weighted by molar-refractivity contribution is 0.00191. The highest BCUT2D eigenvalue weighted by molar-refractivity contribution is 5.94. The standard InChI is InChI=1S/C18H27FN2O2/c1-3-14(4-2)17(21-9-11-23-12-10-21)13-20-18(22)15-5-7-16(19)8-6-15/h5-8,14,17H,3-4,9-13H2,1-2H3,(H,20,22). The van der Waals surface area contributed by atoms with Crippen LogP contribution >= 0.6 is 0 Å². The molecule has 0 spiro atoms. The van der Waals surface area contributed by atoms with Gasteiger partial charge >= 0.3 is 0 Å². The lowest BCUT2D eigenvalue weighted by Crippen LogP contribution is -2.52. The fraction of sp³-hybridized carbons (Fsp3) is 0.611. The van der Waals surface area contributed by atoms with Crippen LogP contribution in [0, 0.1) is 11.7 Å². The highest BCUT2D eigenvalue weighted by Crippen LogP contribution is 2.19. The Morgan fingerprint density at radius 2 is 1.83 bits per heavy atom. The van der Waals surface area contributed by atoms with Crippen molar-refractivity contribution >= 4 is 5.91 Å². The van der Waals surface area contributed by atoms with Crippen LogP contribution in [-0.2, 0) is 4.74 Å². The first-order chi connectivity index (χ1) is 11.2. The van der Waals surface area contributed by atoms with Crippen molar-refractivity contribution in [2.75, 3.05) is 32.8 Å². The number of nitrogens with zero attached hydrogens (tertiary/aromatic N) is 1. The van der Waals surface area contributed by atoms with Crippen molar-refractivity contribution in [1.29, 1.82) is 0 Å². The number of amides is 1. The normalized spacial score (nSPS) is 17.2. The molecule has 1 aromatic rings. The van der Waals surface area contributed by atoms with Crippen LogP contribution < -0.4 is 5.32 Å². The quantitative estimate of drug-likeness (QED) is 0.839. The second-order valence-corrected chi connectivity index (χ2v) is 6.01. The molecule has 2 rings (SSSR count). The molecular weight excluding hydrogens is 295 g/mol. The molecule has 1 saturated heterocycles. The zero-order valence-corrected chi connectivity index (χ0v) is 14.1. The van der Waals surface area contributed by atoms with E-state index in [-0.39, 0.29) is 11.7 Å². The lowest BCUT2D eigenvalue weighted by Gasteiger charge is -2.38. The summed E-state index contributed by atoms with van der Waals surface area (Å²) in [5.74, 6) is 0.0700. The van der Waals surface area contributed by atoms with Gasteiger partial charge in [-0.25, -0.2) is 4.39 Å². The van der Waals surface area contributed by atoms with E-state index in [0.717, 1.165) is 39.1 Å². The van der Waals surface area contributed by atoms with Crippen LogP contribution in [0.15, 0.2) is 24.3 Å². The maximum absolute atomic E-state index is 13.0. The molecule has 23 heavy (non-hydrogen) atoms. The Hall–Kier alpha value is -1.46. The second kappa shape index (κ2) is 8.99. The molecule has 1 atom stereocenters. The maximum Gasteiger partial charge on any atom is 0.251 e. The Morgan fingerprint density at radius 3 is 2.39 bits per heavy atom. The van der Waals surface area contributed by atoms with E-state index in [9.17, 15) is 9.18 Å². The van der Waals surface area contributed by atoms with Crippen LogP contribution in [0.4, 0.5) is 4.39 Å². The van der Waals surface area contributed by atoms with Gasteiger partial charge in [-0.15, -0.1) is 0 Å². The van der Waals surface area contributed by atoms with Crippen LogP contribution in [0.5, 0.6) is 0 Å². The molecule has 1 N–H and O–H groups in total. The van der Waals surface area contributed by atoms with Gasteiger partial charge in [0.25, 0.3) is 5.91 Å². The van der Waals surface area contributed by atoms with Crippen molar-refractivity contribution in [3.05, 3.63) is 35.6 Å². The zero-order chi connectivity index (χ0) is 16.7. The largest absolute Gasteiger partial charge is 0.379 e. The van der Waals surface area contributed by atoms with Gasteiger partial charge in [0.2, 0.25) is 0 Å². The smallest absolute Gasteiger partial charge is 0.251 e. The van der Waals surface area contributed by atoms with E-state index in [1.54, 1.807) is 0 Å². The van der Waals surface area contributed by atoms with E-state index >= 15 is 0 Å². The molecule has 128 valence electrons. The van der Waals surface area contributed by atoms with Crippen LogP contribution in [-0.4, -0.2) is 49.7 Å². The van der Waals surface area contributed by atoms with Crippen molar-refractivity contribution in [1.82, 2.24) is 10.2 Å². The molecule has 0 aromatic heterocycles. The molecular formula is C18H27FN2O2. The first-order valence-electron chi connectivity index (χ1n) is 8.51. The Kier molecular flexibility index (Phi) is 6.99. The second-order valence-electron chi connectivity index (χ2n) is 6.01. The number of halogens is 1. The first kappa shape index (κ1) is 17.9. The van der Waals surface area contributed by atoms with Crippen LogP contribution in [0.3, 0.4) is 0 Å². The van der Waals surface area contributed by atoms with Gasteiger partial charge in [-0.1, -0.05) is 26.7 Å². The molecule has 1 aliphatic heterocycles. The number of morpholine rings is 1. The van der Waals surface area contributed by atoms with E-state index < -0.39 is 0 Å². The molecule has 1 fully saturated rings. The van der Waals surface area contributed by atoms with Crippen molar-refractivity contribution in [2.24, 2.45) is 5.92 Å². The van der Waals surface area contributed by atoms with Crippen molar-refractivity contribution in [3.63, 3.8) is 0 Å². The number of nitrogens with one attached hydrogen (secondary N) is 1. The van der Waals surface area contributed by atoms with Gasteiger partial charge < -0.3 is 10.1 Å². The number of carbonyl (C=O) groups is 1. The summed E-state index contributed by atoms with van der Waals surface area (Å²) < 4.78 is 18.4. The third kappa shape index (κ3) is 5.01. The topological polar surface area (TPSA) is 41.6 Å². The summed E-state index contributed by atoms with van der Waals surface area (Å²) in [6.07, 6.45) is 2.18. The Bertz CT molecular complexity index is 482. The molecule has 1 aliphatic rings. The molecule has 0 aliphatic carbocycles. The van der Waals surface area contributed by atoms with E-state index in [0.29, 0.717) is 24.1 Å². The SMILES string of the molecule is CCC(CC)C(CNC(=O)c1ccc(F)cc1)N1CCOCC1. The average molecular weight is 322 g/mol. The molecule has 0 bridgehead atoms. The third-order valence-electron chi connectivity index (χ3n) is 4.69. The van der Waals surface area contributed by atoms with Gasteiger partial charge in [-0.2, -0.15) is 0 Å². The van der Waals surface area contributed by atoms with Gasteiger partial charge in [-0.3, -0.25) is 9.69 Å². The van der Waals surface area contributed by atoms with Crippen molar-refractivity contribution < 1.29 is 13.9 Å². The zero-order valence-electron chi connectivity index (χ0n) is 14.1. The summed E-state index contributed by atoms with van der Waals surface area (Å²) in [4.78, 5) is 14.7. The van der Waals surface area contributed by atoms with E-state index in [2.05, 4.69) is 24.1 Å². The van der Waals surface area contributed by atoms with Crippen LogP contribution in [0.25, 0.3) is 0 Å². The third-order valence-corrected chi connectivity index (χ3v) is 4.69. The van der Waals surface area contributed by atoms with E-state index in [1.165, 1.54) is 24.3 Å². The summed E-state index contributed by atoms with van der Waals surface area (Å²) in [6.45, 7) is 8.33. The number of benzene rings is 1. The van der Waals surface area contributed by atoms with Gasteiger partial charge in [0.1, 0.15) is 5.82 Å². The van der Waals surface area contributed by atoms with Crippen molar-refractivity contribution in [2.45, 2.75) is 32.7 Å². The number of carbonyl (C=O) groups excluding carboxylic acids is 1. The maximum atomic E-state index is 13.0. The molecule has 1 aromatic carbocycles. The van der Waals surface area contributed by atoms with E-state index in [1.807, 2.05) is 0 Å². The first-order valence-corrected chi connectivity index (χ1v) is 8.51. The van der Waals surface area contributed by atoms with Gasteiger partial charge in [-0.05, 0) is 30.2 Å². The van der Waals surface area contributed by atoms with Gasteiger partial charge in [0.15, 0.2) is 0 Å². The minimum atomic E-state index is -0.329. The fourth-order valence-corrected chi connectivity index (χ4v) is 3.24. The number of hydrogen-bond donors (Lipinski definition) is 1. The van der Waals surface area contributed by atoms with Crippen LogP contribution in [0.2, 0.25) is 0 Å². The molecule has 1 heterocycles. The highest BCUT2D eigenvalue weighted by Gasteiger charge is 2.27. The lowest BCUT2D eigenvalue weighted by atomic mass is 9.92. The number of hydrogen-bond acceptors (Lipinski definition) is 3. The van der Waals surface area contributed by atoms with Crippen molar-refractivity contribution in [3.8, 4) is 0 Å². The van der Waals surface area contributed by atoms with Crippen LogP contribution in [0.1, 0.15) is 37.0 Å². The Labute approximate surface area is 138 Å². The number of ether oxygens (including phenoxy) is 1. The summed E-state index contributed by atoms with van der Waals surface area (Å²) >= 11 is 0. The Balaban J connectivity index is 1.99. The Morgan fingerprint density at radius 1 is 1.22 bits per heavy atom. The summed E-state index contributed by atoms with van der Waals surface area (Å²) in [5.41, 5.74) is 0.497. The molecule has 1 amide bonds. The fourth-order valence-electron chi connectivity index (χ4n) is 3.24. The highest BCUT2D eigenvalue weighted by atomic mass is 19.1. The monoisotopic (exact) mass is 322 g/mol. The van der Waals surface area contributed by atoms with E-state index in [4.69, 9.17) is 4.74 Å². The summed E-state index contributed by atoms with van der Waals surface area (Å²) in [6, 6.07) is 5.99. The molecule has 0 radical (unpaired) electrons. The minimum absolute atomic E-state index is 0.144. The minimum Gasteiger partial charge on any atom is -0.379 e. The predicted molar refractivity (Wildman–Crippen MR) is 89.0 cm³/mol. The predicted octanol–water partition coefficient (Wildman–Crippen LogP) is 2.69. The average Bonchev–Trinajstić information content (AvgIpc) is 2.59. The molecule has 4 nitrogen and oxygen atoms in total. The van der Waals surface area contributed by atoms with Gasteiger partial charge in [0.05, 0.1) is 13.2 Å². The summed E-state index contributed by atoms with van der Waals surface area (Å²) in [5, 5.41) is 3.02. The molecule has 5 heteroatoms. The van der Waals surface area contributed by atoms with Gasteiger partial charge in [0, 0.05) is 31.2 Å².